The van der Waals surface area contributed by atoms with Crippen molar-refractivity contribution >= 4 is 5.82 Å². The highest BCUT2D eigenvalue weighted by Gasteiger charge is 2.30. The predicted octanol–water partition coefficient (Wildman–Crippen LogP) is 2.88. The second-order valence-electron chi connectivity index (χ2n) is 3.72. The molecule has 0 saturated heterocycles. The van der Waals surface area contributed by atoms with Crippen molar-refractivity contribution in [1.82, 2.24) is 9.97 Å². The first-order valence-corrected chi connectivity index (χ1v) is 5.41. The summed E-state index contributed by atoms with van der Waals surface area (Å²) in [4.78, 5) is 7.53. The van der Waals surface area contributed by atoms with E-state index in [-0.39, 0.29) is 23.2 Å². The molecule has 1 heterocycles. The van der Waals surface area contributed by atoms with Crippen molar-refractivity contribution in [2.45, 2.75) is 6.18 Å². The van der Waals surface area contributed by atoms with E-state index in [0.717, 1.165) is 18.5 Å². The predicted molar refractivity (Wildman–Crippen MR) is 64.5 cm³/mol. The van der Waals surface area contributed by atoms with Gasteiger partial charge in [-0.1, -0.05) is 0 Å². The molecule has 0 atom stereocenters. The Morgan fingerprint density at radius 1 is 1.10 bits per heavy atom. The summed E-state index contributed by atoms with van der Waals surface area (Å²) in [5.41, 5.74) is 4.80. The van der Waals surface area contributed by atoms with Crippen LogP contribution in [0.5, 0.6) is 17.4 Å². The Morgan fingerprint density at radius 2 is 1.75 bits per heavy atom. The fraction of sp³-hybridized carbons (Fsp3) is 0.167. The van der Waals surface area contributed by atoms with Gasteiger partial charge >= 0.3 is 6.18 Å². The molecule has 0 aliphatic heterocycles. The SMILES string of the molecule is COc1c(N)ncnc1Oc1ccc(C(F)(F)F)cc1. The van der Waals surface area contributed by atoms with Crippen LogP contribution in [0.3, 0.4) is 0 Å². The average Bonchev–Trinajstić information content (AvgIpc) is 2.38. The van der Waals surface area contributed by atoms with E-state index in [0.29, 0.717) is 0 Å². The summed E-state index contributed by atoms with van der Waals surface area (Å²) < 4.78 is 47.6. The topological polar surface area (TPSA) is 70.3 Å². The van der Waals surface area contributed by atoms with Gasteiger partial charge in [-0.25, -0.2) is 4.98 Å². The zero-order valence-corrected chi connectivity index (χ0v) is 10.3. The molecule has 1 aromatic carbocycles. The summed E-state index contributed by atoms with van der Waals surface area (Å²) in [6, 6.07) is 4.18. The third-order valence-electron chi connectivity index (χ3n) is 2.40. The van der Waals surface area contributed by atoms with Gasteiger partial charge in [0.15, 0.2) is 5.82 Å². The quantitative estimate of drug-likeness (QED) is 0.939. The molecule has 0 aliphatic carbocycles. The van der Waals surface area contributed by atoms with Crippen molar-refractivity contribution < 1.29 is 22.6 Å². The number of halogens is 3. The lowest BCUT2D eigenvalue weighted by atomic mass is 10.2. The van der Waals surface area contributed by atoms with E-state index in [2.05, 4.69) is 9.97 Å². The van der Waals surface area contributed by atoms with Gasteiger partial charge in [-0.15, -0.1) is 0 Å². The molecular weight excluding hydrogens is 275 g/mol. The van der Waals surface area contributed by atoms with E-state index in [9.17, 15) is 13.2 Å². The van der Waals surface area contributed by atoms with Crippen LogP contribution in [0.15, 0.2) is 30.6 Å². The van der Waals surface area contributed by atoms with Gasteiger partial charge in [0.05, 0.1) is 12.7 Å². The maximum Gasteiger partial charge on any atom is 0.416 e. The van der Waals surface area contributed by atoms with Crippen LogP contribution < -0.4 is 15.2 Å². The largest absolute Gasteiger partial charge is 0.489 e. The Kier molecular flexibility index (Phi) is 3.64. The molecule has 5 nitrogen and oxygen atoms in total. The zero-order valence-electron chi connectivity index (χ0n) is 10.3. The molecule has 0 aliphatic rings. The van der Waals surface area contributed by atoms with Crippen LogP contribution in [0.25, 0.3) is 0 Å². The van der Waals surface area contributed by atoms with Crippen LogP contribution in [0.4, 0.5) is 19.0 Å². The first-order chi connectivity index (χ1) is 9.41. The fourth-order valence-electron chi connectivity index (χ4n) is 1.46. The lowest BCUT2D eigenvalue weighted by Crippen LogP contribution is -2.04. The summed E-state index contributed by atoms with van der Waals surface area (Å²) in [7, 11) is 1.36. The monoisotopic (exact) mass is 285 g/mol. The van der Waals surface area contributed by atoms with Gasteiger partial charge in [-0.05, 0) is 24.3 Å². The molecule has 0 spiro atoms. The van der Waals surface area contributed by atoms with Crippen LogP contribution in [0.1, 0.15) is 5.56 Å². The minimum Gasteiger partial charge on any atom is -0.489 e. The number of nitrogens with zero attached hydrogens (tertiary/aromatic N) is 2. The van der Waals surface area contributed by atoms with Crippen molar-refractivity contribution in [2.24, 2.45) is 0 Å². The van der Waals surface area contributed by atoms with E-state index < -0.39 is 11.7 Å². The highest BCUT2D eigenvalue weighted by Crippen LogP contribution is 2.34. The number of methoxy groups -OCH3 is 1. The maximum atomic E-state index is 12.4. The van der Waals surface area contributed by atoms with E-state index in [1.54, 1.807) is 0 Å². The Bertz CT molecular complexity index is 600. The van der Waals surface area contributed by atoms with Gasteiger partial charge in [-0.3, -0.25) is 0 Å². The number of alkyl halides is 3. The third kappa shape index (κ3) is 2.90. The molecule has 0 radical (unpaired) electrons. The minimum atomic E-state index is -4.39. The molecule has 0 saturated carbocycles. The number of anilines is 1. The first-order valence-electron chi connectivity index (χ1n) is 5.41. The average molecular weight is 285 g/mol. The molecule has 0 fully saturated rings. The van der Waals surface area contributed by atoms with Gasteiger partial charge in [0.1, 0.15) is 12.1 Å². The van der Waals surface area contributed by atoms with Gasteiger partial charge in [0.25, 0.3) is 5.88 Å². The molecule has 2 rings (SSSR count). The van der Waals surface area contributed by atoms with E-state index in [1.807, 2.05) is 0 Å². The molecular formula is C12H10F3N3O2. The summed E-state index contributed by atoms with van der Waals surface area (Å²) in [6.07, 6.45) is -3.23. The van der Waals surface area contributed by atoms with Gasteiger partial charge in [0.2, 0.25) is 5.75 Å². The molecule has 0 bridgehead atoms. The molecule has 0 amide bonds. The van der Waals surface area contributed by atoms with Crippen molar-refractivity contribution in [1.29, 1.82) is 0 Å². The number of rotatable bonds is 3. The van der Waals surface area contributed by atoms with Gasteiger partial charge in [-0.2, -0.15) is 18.2 Å². The molecule has 1 aromatic heterocycles. The van der Waals surface area contributed by atoms with Crippen LogP contribution >= 0.6 is 0 Å². The second-order valence-corrected chi connectivity index (χ2v) is 3.72. The van der Waals surface area contributed by atoms with Crippen LogP contribution in [0, 0.1) is 0 Å². The summed E-state index contributed by atoms with van der Waals surface area (Å²) in [6.45, 7) is 0. The second kappa shape index (κ2) is 5.24. The summed E-state index contributed by atoms with van der Waals surface area (Å²) >= 11 is 0. The fourth-order valence-corrected chi connectivity index (χ4v) is 1.46. The summed E-state index contributed by atoms with van der Waals surface area (Å²) in [5.74, 6) is 0.394. The molecule has 0 unspecified atom stereocenters. The number of benzene rings is 1. The Balaban J connectivity index is 2.25. The highest BCUT2D eigenvalue weighted by atomic mass is 19.4. The van der Waals surface area contributed by atoms with Crippen LogP contribution in [-0.4, -0.2) is 17.1 Å². The Morgan fingerprint density at radius 3 is 2.30 bits per heavy atom. The standard InChI is InChI=1S/C12H10F3N3O2/c1-19-9-10(16)17-6-18-11(9)20-8-4-2-7(3-5-8)12(13,14)15/h2-6H,1H3,(H2,16,17,18). The van der Waals surface area contributed by atoms with Crippen molar-refractivity contribution in [2.75, 3.05) is 12.8 Å². The number of hydrogen-bond acceptors (Lipinski definition) is 5. The van der Waals surface area contributed by atoms with Crippen molar-refractivity contribution in [3.63, 3.8) is 0 Å². The lowest BCUT2D eigenvalue weighted by molar-refractivity contribution is -0.137. The molecule has 20 heavy (non-hydrogen) atoms. The first kappa shape index (κ1) is 13.9. The maximum absolute atomic E-state index is 12.4. The lowest BCUT2D eigenvalue weighted by Gasteiger charge is -2.11. The molecule has 2 N–H and O–H groups in total. The highest BCUT2D eigenvalue weighted by molar-refractivity contribution is 5.52. The number of nitrogen functional groups attached to an aromatic ring is 1. The van der Waals surface area contributed by atoms with Gasteiger partial charge in [0, 0.05) is 0 Å². The zero-order chi connectivity index (χ0) is 14.8. The molecule has 106 valence electrons. The van der Waals surface area contributed by atoms with E-state index in [4.69, 9.17) is 15.2 Å². The summed E-state index contributed by atoms with van der Waals surface area (Å²) in [5, 5.41) is 0. The van der Waals surface area contributed by atoms with E-state index in [1.165, 1.54) is 19.2 Å². The third-order valence-corrected chi connectivity index (χ3v) is 2.40. The minimum absolute atomic E-state index is 0.0276. The smallest absolute Gasteiger partial charge is 0.416 e. The van der Waals surface area contributed by atoms with Crippen LogP contribution in [-0.2, 0) is 6.18 Å². The Labute approximate surface area is 112 Å². The molecule has 8 heteroatoms. The number of hydrogen-bond donors (Lipinski definition) is 1. The normalized spacial score (nSPS) is 11.2. The van der Waals surface area contributed by atoms with Crippen molar-refractivity contribution in [3.8, 4) is 17.4 Å². The number of aromatic nitrogens is 2. The molecule has 2 aromatic rings. The van der Waals surface area contributed by atoms with E-state index >= 15 is 0 Å². The number of nitrogens with two attached hydrogens (primary N) is 1. The van der Waals surface area contributed by atoms with Crippen LogP contribution in [0.2, 0.25) is 0 Å². The van der Waals surface area contributed by atoms with Gasteiger partial charge < -0.3 is 15.2 Å². The van der Waals surface area contributed by atoms with Crippen molar-refractivity contribution in [3.05, 3.63) is 36.2 Å². The number of ether oxygens (including phenoxy) is 2. The Hall–Kier alpha value is -2.51.